The summed E-state index contributed by atoms with van der Waals surface area (Å²) in [7, 11) is 0. The van der Waals surface area contributed by atoms with Gasteiger partial charge in [0.25, 0.3) is 5.69 Å². The number of carbonyl (C=O) groups excluding carboxylic acids is 2. The fourth-order valence-corrected chi connectivity index (χ4v) is 10.3. The Morgan fingerprint density at radius 1 is 0.681 bits per heavy atom. The van der Waals surface area contributed by atoms with Crippen LogP contribution in [-0.2, 0) is 44.7 Å². The first kappa shape index (κ1) is 27.5. The van der Waals surface area contributed by atoms with E-state index in [9.17, 15) is 19.7 Å². The van der Waals surface area contributed by atoms with Crippen molar-refractivity contribution >= 4 is 23.2 Å². The van der Waals surface area contributed by atoms with Crippen LogP contribution in [0, 0.1) is 33.8 Å². The zero-order chi connectivity index (χ0) is 31.6. The first-order valence-electron chi connectivity index (χ1n) is 16.6. The molecule has 2 aliphatic heterocycles. The van der Waals surface area contributed by atoms with Gasteiger partial charge in [0.05, 0.1) is 29.1 Å². The van der Waals surface area contributed by atoms with Crippen LogP contribution in [0.4, 0.5) is 11.4 Å². The Hall–Kier alpha value is -4.66. The number of carbonyl (C=O) groups is 2. The molecule has 4 aromatic rings. The number of ether oxygens (including phenoxy) is 2. The molecule has 0 radical (unpaired) electrons. The second kappa shape index (κ2) is 9.69. The number of hydrogen-bond acceptors (Lipinski definition) is 6. The number of nitro groups is 1. The number of hydrogen-bond donors (Lipinski definition) is 0. The summed E-state index contributed by atoms with van der Waals surface area (Å²) in [6.07, 6.45) is 3.60. The van der Waals surface area contributed by atoms with Gasteiger partial charge in [0.2, 0.25) is 11.8 Å². The molecule has 7 aliphatic rings. The van der Waals surface area contributed by atoms with Crippen molar-refractivity contribution in [3.05, 3.63) is 140 Å². The molecule has 4 bridgehead atoms. The van der Waals surface area contributed by atoms with Crippen molar-refractivity contribution in [3.63, 3.8) is 0 Å². The van der Waals surface area contributed by atoms with E-state index in [0.717, 1.165) is 47.9 Å². The number of imide groups is 1. The van der Waals surface area contributed by atoms with Gasteiger partial charge in [0.1, 0.15) is 12.4 Å². The molecule has 2 amide bonds. The highest BCUT2D eigenvalue weighted by atomic mass is 16.7. The summed E-state index contributed by atoms with van der Waals surface area (Å²) in [5, 5.41) is 11.3. The van der Waals surface area contributed by atoms with E-state index in [1.165, 1.54) is 51.4 Å². The predicted molar refractivity (Wildman–Crippen MR) is 172 cm³/mol. The molecule has 1 spiro atoms. The SMILES string of the molecule is O=C1[C@@H]2[C@H]3c4ccccc4[C@H](c4cc5c(cc43)C[C@H]3Cc4ccccc4C[C@@H](C5)C34COCO4)[C@@H]2C(=O)N1c1ccc([N+](=O)[O-])cc1. The van der Waals surface area contributed by atoms with Gasteiger partial charge in [0.15, 0.2) is 0 Å². The van der Waals surface area contributed by atoms with E-state index in [-0.39, 0.29) is 46.8 Å². The first-order valence-corrected chi connectivity index (χ1v) is 16.6. The summed E-state index contributed by atoms with van der Waals surface area (Å²) in [6.45, 7) is 0.931. The van der Waals surface area contributed by atoms with Crippen molar-refractivity contribution in [2.45, 2.75) is 43.1 Å². The van der Waals surface area contributed by atoms with E-state index in [0.29, 0.717) is 19.1 Å². The molecule has 4 aromatic carbocycles. The Balaban J connectivity index is 1.10. The molecular weight excluding hydrogens is 592 g/mol. The van der Waals surface area contributed by atoms with Crippen molar-refractivity contribution < 1.29 is 24.0 Å². The summed E-state index contributed by atoms with van der Waals surface area (Å²) in [5.74, 6) is -1.48. The maximum atomic E-state index is 14.3. The van der Waals surface area contributed by atoms with Gasteiger partial charge < -0.3 is 9.47 Å². The van der Waals surface area contributed by atoms with Crippen LogP contribution in [-0.4, -0.2) is 35.7 Å². The van der Waals surface area contributed by atoms with Crippen LogP contribution < -0.4 is 4.90 Å². The largest absolute Gasteiger partial charge is 0.352 e. The quantitative estimate of drug-likeness (QED) is 0.157. The zero-order valence-corrected chi connectivity index (χ0v) is 25.6. The third kappa shape index (κ3) is 3.65. The average Bonchev–Trinajstić information content (AvgIpc) is 3.62. The predicted octanol–water partition coefficient (Wildman–Crippen LogP) is 5.86. The van der Waals surface area contributed by atoms with E-state index in [1.54, 1.807) is 0 Å². The summed E-state index contributed by atoms with van der Waals surface area (Å²) in [4.78, 5) is 40.8. The molecule has 2 heterocycles. The fourth-order valence-electron chi connectivity index (χ4n) is 10.3. The minimum absolute atomic E-state index is 0.0772. The van der Waals surface area contributed by atoms with Crippen molar-refractivity contribution in [1.82, 2.24) is 0 Å². The molecule has 5 aliphatic carbocycles. The van der Waals surface area contributed by atoms with Gasteiger partial charge in [-0.15, -0.1) is 0 Å². The van der Waals surface area contributed by atoms with E-state index >= 15 is 0 Å². The Bertz CT molecular complexity index is 1920. The average molecular weight is 625 g/mol. The summed E-state index contributed by atoms with van der Waals surface area (Å²) in [6, 6.07) is 27.6. The van der Waals surface area contributed by atoms with Crippen molar-refractivity contribution in [1.29, 1.82) is 0 Å². The third-order valence-electron chi connectivity index (χ3n) is 12.3. The number of amides is 2. The van der Waals surface area contributed by atoms with Gasteiger partial charge in [-0.25, -0.2) is 4.90 Å². The number of nitrogens with zero attached hydrogens (tertiary/aromatic N) is 2. The third-order valence-corrected chi connectivity index (χ3v) is 12.3. The summed E-state index contributed by atoms with van der Waals surface area (Å²) < 4.78 is 12.6. The fraction of sp³-hybridized carbons (Fsp3) is 0.333. The number of non-ortho nitro benzene ring substituents is 1. The lowest BCUT2D eigenvalue weighted by molar-refractivity contribution is -0.384. The van der Waals surface area contributed by atoms with Gasteiger partial charge in [-0.3, -0.25) is 19.7 Å². The number of rotatable bonds is 2. The molecule has 0 N–H and O–H groups in total. The second-order valence-corrected chi connectivity index (χ2v) is 14.2. The highest BCUT2D eigenvalue weighted by Crippen LogP contribution is 2.62. The minimum atomic E-state index is -0.527. The van der Waals surface area contributed by atoms with E-state index < -0.39 is 16.8 Å². The van der Waals surface area contributed by atoms with E-state index in [4.69, 9.17) is 9.47 Å². The molecular formula is C39H32N2O6. The Morgan fingerprint density at radius 2 is 1.19 bits per heavy atom. The van der Waals surface area contributed by atoms with Gasteiger partial charge >= 0.3 is 0 Å². The first-order chi connectivity index (χ1) is 22.9. The van der Waals surface area contributed by atoms with Crippen LogP contribution in [0.1, 0.15) is 56.3 Å². The highest BCUT2D eigenvalue weighted by molar-refractivity contribution is 6.23. The maximum Gasteiger partial charge on any atom is 0.269 e. The molecule has 2 fully saturated rings. The molecule has 0 aromatic heterocycles. The molecule has 2 saturated heterocycles. The van der Waals surface area contributed by atoms with Gasteiger partial charge in [0, 0.05) is 24.0 Å². The zero-order valence-electron chi connectivity index (χ0n) is 25.6. The molecule has 47 heavy (non-hydrogen) atoms. The number of anilines is 1. The lowest BCUT2D eigenvalue weighted by Gasteiger charge is -2.46. The topological polar surface area (TPSA) is 99.0 Å². The van der Waals surface area contributed by atoms with Crippen LogP contribution in [0.5, 0.6) is 0 Å². The molecule has 11 rings (SSSR count). The van der Waals surface area contributed by atoms with Crippen molar-refractivity contribution in [2.24, 2.45) is 23.7 Å². The van der Waals surface area contributed by atoms with Crippen molar-refractivity contribution in [3.8, 4) is 0 Å². The Labute approximate surface area is 271 Å². The summed E-state index contributed by atoms with van der Waals surface area (Å²) >= 11 is 0. The van der Waals surface area contributed by atoms with Gasteiger partial charge in [-0.1, -0.05) is 60.7 Å². The minimum Gasteiger partial charge on any atom is -0.352 e. The molecule has 234 valence electrons. The molecule has 0 saturated carbocycles. The highest BCUT2D eigenvalue weighted by Gasteiger charge is 2.62. The lowest BCUT2D eigenvalue weighted by atomic mass is 9.54. The normalized spacial score (nSPS) is 31.0. The van der Waals surface area contributed by atoms with Crippen molar-refractivity contribution in [2.75, 3.05) is 18.3 Å². The van der Waals surface area contributed by atoms with Gasteiger partial charge in [-0.05, 0) is 94.2 Å². The van der Waals surface area contributed by atoms with Gasteiger partial charge in [-0.2, -0.15) is 0 Å². The number of nitro benzene ring substituents is 1. The Kier molecular flexibility index (Phi) is 5.66. The molecule has 1 unspecified atom stereocenters. The maximum absolute atomic E-state index is 14.3. The smallest absolute Gasteiger partial charge is 0.269 e. The standard InChI is InChI=1S/C39H32N2O6/c42-37-35-33-29-7-3-4-8-30(29)34(36(35)38(43)40(37)27-9-11-28(12-10-27)41(44)45)32-18-24-16-26-14-22-6-2-1-5-21(22)13-25(15-23(24)17-31(32)33)39(26)19-46-20-47-39/h1-12,17-18,25-26,33-36H,13-16,19-20H2/t25-,26+,33+,34-,35-,36+,39?. The number of fused-ring (bicyclic) bond motifs is 2. The second-order valence-electron chi connectivity index (χ2n) is 14.2. The number of benzene rings is 4. The molecule has 8 heteroatoms. The van der Waals surface area contributed by atoms with E-state index in [1.807, 2.05) is 12.1 Å². The molecule has 7 atom stereocenters. The van der Waals surface area contributed by atoms with Crippen LogP contribution in [0.3, 0.4) is 0 Å². The van der Waals surface area contributed by atoms with Crippen LogP contribution in [0.2, 0.25) is 0 Å². The van der Waals surface area contributed by atoms with Crippen LogP contribution in [0.25, 0.3) is 0 Å². The Morgan fingerprint density at radius 3 is 1.68 bits per heavy atom. The van der Waals surface area contributed by atoms with Crippen LogP contribution >= 0.6 is 0 Å². The summed E-state index contributed by atoms with van der Waals surface area (Å²) in [5.41, 5.74) is 9.95. The monoisotopic (exact) mass is 624 g/mol. The molecule has 8 nitrogen and oxygen atoms in total. The van der Waals surface area contributed by atoms with E-state index in [2.05, 4.69) is 48.5 Å². The van der Waals surface area contributed by atoms with Crippen LogP contribution in [0.15, 0.2) is 84.9 Å². The lowest BCUT2D eigenvalue weighted by Crippen LogP contribution is -2.48.